The fraction of sp³-hybridized carbons (Fsp3) is 0. The zero-order valence-electron chi connectivity index (χ0n) is 13.0. The number of phenols is 4. The van der Waals surface area contributed by atoms with E-state index >= 15 is 0 Å². The largest absolute Gasteiger partial charge is 0.507 e. The third-order valence-corrected chi connectivity index (χ3v) is 3.65. The number of carbonyl (C=O) groups is 1. The van der Waals surface area contributed by atoms with Crippen LogP contribution in [0.3, 0.4) is 0 Å². The van der Waals surface area contributed by atoms with Crippen molar-refractivity contribution in [3.8, 4) is 34.3 Å². The molecule has 0 aliphatic rings. The van der Waals surface area contributed by atoms with Gasteiger partial charge in [-0.3, -0.25) is 4.79 Å². The van der Waals surface area contributed by atoms with Gasteiger partial charge in [0.15, 0.2) is 22.5 Å². The monoisotopic (exact) mass is 356 g/mol. The molecule has 0 amide bonds. The van der Waals surface area contributed by atoms with Crippen LogP contribution in [-0.2, 0) is 4.79 Å². The van der Waals surface area contributed by atoms with E-state index in [1.165, 1.54) is 12.1 Å². The molecule has 26 heavy (non-hydrogen) atoms. The van der Waals surface area contributed by atoms with Gasteiger partial charge < -0.3 is 29.9 Å². The van der Waals surface area contributed by atoms with Gasteiger partial charge >= 0.3 is 5.97 Å². The number of hydrogen-bond donors (Lipinski definition) is 5. The Hall–Kier alpha value is -3.94. The van der Waals surface area contributed by atoms with Gasteiger partial charge in [0.2, 0.25) is 0 Å². The number of rotatable bonds is 3. The summed E-state index contributed by atoms with van der Waals surface area (Å²) in [5.41, 5.74) is -0.733. The molecule has 3 aromatic rings. The van der Waals surface area contributed by atoms with Crippen LogP contribution in [0.4, 0.5) is 0 Å². The smallest absolute Gasteiger partial charge is 0.328 e. The minimum absolute atomic E-state index is 0.0206. The van der Waals surface area contributed by atoms with Crippen molar-refractivity contribution < 1.29 is 34.7 Å². The van der Waals surface area contributed by atoms with E-state index in [-0.39, 0.29) is 33.6 Å². The Morgan fingerprint density at radius 2 is 1.65 bits per heavy atom. The van der Waals surface area contributed by atoms with Crippen LogP contribution in [0.15, 0.2) is 45.6 Å². The van der Waals surface area contributed by atoms with Crippen molar-refractivity contribution in [1.29, 1.82) is 0 Å². The van der Waals surface area contributed by atoms with Gasteiger partial charge in [-0.05, 0) is 24.3 Å². The molecule has 0 bridgehead atoms. The summed E-state index contributed by atoms with van der Waals surface area (Å²) >= 11 is 0. The molecule has 2 aromatic carbocycles. The van der Waals surface area contributed by atoms with Crippen molar-refractivity contribution in [3.05, 3.63) is 52.2 Å². The van der Waals surface area contributed by atoms with Crippen molar-refractivity contribution in [3.63, 3.8) is 0 Å². The Kier molecular flexibility index (Phi) is 4.01. The van der Waals surface area contributed by atoms with Gasteiger partial charge in [0.1, 0.15) is 22.6 Å². The van der Waals surface area contributed by atoms with Crippen LogP contribution in [-0.4, -0.2) is 31.5 Å². The predicted octanol–water partition coefficient (Wildman–Crippen LogP) is 2.38. The predicted molar refractivity (Wildman–Crippen MR) is 91.2 cm³/mol. The number of aromatic hydroxyl groups is 4. The summed E-state index contributed by atoms with van der Waals surface area (Å²) in [6.45, 7) is 0. The SMILES string of the molecule is O=C(O)C=Cc1c(O)cc(O)c2c(=O)cc(-c3ccc(O)c(O)c3)oc12. The van der Waals surface area contributed by atoms with E-state index in [0.717, 1.165) is 30.4 Å². The summed E-state index contributed by atoms with van der Waals surface area (Å²) in [4.78, 5) is 23.1. The Morgan fingerprint density at radius 3 is 2.31 bits per heavy atom. The summed E-state index contributed by atoms with van der Waals surface area (Å²) in [6, 6.07) is 5.71. The normalized spacial score (nSPS) is 11.2. The molecule has 0 saturated heterocycles. The summed E-state index contributed by atoms with van der Waals surface area (Å²) in [5, 5.41) is 47.5. The molecule has 0 aliphatic carbocycles. The van der Waals surface area contributed by atoms with Crippen LogP contribution in [0.1, 0.15) is 5.56 Å². The third-order valence-electron chi connectivity index (χ3n) is 3.65. The highest BCUT2D eigenvalue weighted by molar-refractivity contribution is 5.96. The lowest BCUT2D eigenvalue weighted by Crippen LogP contribution is -2.02. The molecular weight excluding hydrogens is 344 g/mol. The molecule has 0 spiro atoms. The number of hydrogen-bond acceptors (Lipinski definition) is 7. The molecule has 132 valence electrons. The molecular formula is C18H12O8. The second kappa shape index (κ2) is 6.17. The Labute approximate surface area is 145 Å². The lowest BCUT2D eigenvalue weighted by molar-refractivity contribution is -0.131. The van der Waals surface area contributed by atoms with Crippen molar-refractivity contribution >= 4 is 23.0 Å². The number of phenolic OH excluding ortho intramolecular Hbond substituents is 4. The summed E-state index contributed by atoms with van der Waals surface area (Å²) in [6.07, 6.45) is 1.77. The highest BCUT2D eigenvalue weighted by Crippen LogP contribution is 2.37. The van der Waals surface area contributed by atoms with E-state index < -0.39 is 28.6 Å². The lowest BCUT2D eigenvalue weighted by Gasteiger charge is -2.09. The fourth-order valence-electron chi connectivity index (χ4n) is 2.46. The number of aliphatic carboxylic acids is 1. The van der Waals surface area contributed by atoms with Crippen LogP contribution in [0, 0.1) is 0 Å². The zero-order chi connectivity index (χ0) is 19.0. The van der Waals surface area contributed by atoms with Gasteiger partial charge in [-0.1, -0.05) is 0 Å². The Morgan fingerprint density at radius 1 is 0.923 bits per heavy atom. The van der Waals surface area contributed by atoms with E-state index in [9.17, 15) is 30.0 Å². The molecule has 3 rings (SSSR count). The van der Waals surface area contributed by atoms with Crippen LogP contribution < -0.4 is 5.43 Å². The Balaban J connectivity index is 2.35. The van der Waals surface area contributed by atoms with Gasteiger partial charge in [0, 0.05) is 23.8 Å². The van der Waals surface area contributed by atoms with E-state index in [1.807, 2.05) is 0 Å². The first-order valence-corrected chi connectivity index (χ1v) is 7.24. The minimum atomic E-state index is -1.28. The second-order valence-corrected chi connectivity index (χ2v) is 5.38. The molecule has 5 N–H and O–H groups in total. The highest BCUT2D eigenvalue weighted by atomic mass is 16.4. The molecule has 0 aliphatic heterocycles. The van der Waals surface area contributed by atoms with E-state index in [1.54, 1.807) is 0 Å². The van der Waals surface area contributed by atoms with E-state index in [4.69, 9.17) is 9.52 Å². The van der Waals surface area contributed by atoms with Crippen molar-refractivity contribution in [2.24, 2.45) is 0 Å². The highest BCUT2D eigenvalue weighted by Gasteiger charge is 2.17. The van der Waals surface area contributed by atoms with Crippen molar-refractivity contribution in [2.45, 2.75) is 0 Å². The van der Waals surface area contributed by atoms with Crippen LogP contribution in [0.5, 0.6) is 23.0 Å². The van der Waals surface area contributed by atoms with Gasteiger partial charge in [-0.2, -0.15) is 0 Å². The molecule has 8 nitrogen and oxygen atoms in total. The first-order chi connectivity index (χ1) is 12.3. The van der Waals surface area contributed by atoms with Crippen LogP contribution in [0.2, 0.25) is 0 Å². The number of fused-ring (bicyclic) bond motifs is 1. The van der Waals surface area contributed by atoms with Crippen LogP contribution >= 0.6 is 0 Å². The number of benzene rings is 2. The molecule has 0 radical (unpaired) electrons. The zero-order valence-corrected chi connectivity index (χ0v) is 13.0. The maximum absolute atomic E-state index is 12.4. The maximum Gasteiger partial charge on any atom is 0.328 e. The van der Waals surface area contributed by atoms with E-state index in [2.05, 4.69) is 0 Å². The molecule has 0 saturated carbocycles. The van der Waals surface area contributed by atoms with Crippen LogP contribution in [0.25, 0.3) is 28.4 Å². The molecule has 0 atom stereocenters. The first-order valence-electron chi connectivity index (χ1n) is 7.24. The van der Waals surface area contributed by atoms with Crippen molar-refractivity contribution in [2.75, 3.05) is 0 Å². The Bertz CT molecular complexity index is 1120. The number of carboxylic acids is 1. The first kappa shape index (κ1) is 16.9. The second-order valence-electron chi connectivity index (χ2n) is 5.38. The maximum atomic E-state index is 12.4. The quantitative estimate of drug-likeness (QED) is 0.355. The summed E-state index contributed by atoms with van der Waals surface area (Å²) in [5.74, 6) is -3.12. The molecule has 1 aromatic heterocycles. The summed E-state index contributed by atoms with van der Waals surface area (Å²) < 4.78 is 5.59. The average molecular weight is 356 g/mol. The minimum Gasteiger partial charge on any atom is -0.507 e. The van der Waals surface area contributed by atoms with Gasteiger partial charge in [0.25, 0.3) is 0 Å². The third kappa shape index (κ3) is 2.91. The van der Waals surface area contributed by atoms with E-state index in [0.29, 0.717) is 0 Å². The van der Waals surface area contributed by atoms with Gasteiger partial charge in [-0.25, -0.2) is 4.79 Å². The summed E-state index contributed by atoms with van der Waals surface area (Å²) in [7, 11) is 0. The topological polar surface area (TPSA) is 148 Å². The molecule has 0 fully saturated rings. The number of carboxylic acid groups (broad SMARTS) is 1. The van der Waals surface area contributed by atoms with Gasteiger partial charge in [0.05, 0.1) is 5.56 Å². The lowest BCUT2D eigenvalue weighted by atomic mass is 10.1. The molecule has 1 heterocycles. The average Bonchev–Trinajstić information content (AvgIpc) is 2.56. The fourth-order valence-corrected chi connectivity index (χ4v) is 2.46. The van der Waals surface area contributed by atoms with Gasteiger partial charge in [-0.15, -0.1) is 0 Å². The standard InChI is InChI=1S/C18H12O8/c19-10-3-1-8(5-12(10)21)15-7-14(23)17-13(22)6-11(20)9(18(17)26-15)2-4-16(24)25/h1-7,19-22H,(H,24,25). The van der Waals surface area contributed by atoms with Crippen molar-refractivity contribution in [1.82, 2.24) is 0 Å². The molecule has 0 unspecified atom stereocenters. The molecule has 8 heteroatoms.